The minimum absolute atomic E-state index is 0.0251. The molecule has 0 spiro atoms. The predicted molar refractivity (Wildman–Crippen MR) is 274 cm³/mol. The molecule has 1 fully saturated rings. The second kappa shape index (κ2) is 24.2. The molecule has 1 saturated heterocycles. The highest BCUT2D eigenvalue weighted by Gasteiger charge is 2.44. The number of benzene rings is 2. The fourth-order valence-electron chi connectivity index (χ4n) is 8.48. The molecule has 2 aromatic carbocycles. The molecule has 4 heterocycles. The molecule has 0 saturated carbocycles. The zero-order valence-corrected chi connectivity index (χ0v) is 42.8. The van der Waals surface area contributed by atoms with Crippen LogP contribution in [0.2, 0.25) is 0 Å². The number of carbonyl (C=O) groups is 5. The van der Waals surface area contributed by atoms with E-state index in [-0.39, 0.29) is 49.2 Å². The zero-order chi connectivity index (χ0) is 49.8. The second-order valence-electron chi connectivity index (χ2n) is 19.4. The molecule has 1 aliphatic rings. The van der Waals surface area contributed by atoms with E-state index < -0.39 is 29.7 Å². The van der Waals surface area contributed by atoms with Gasteiger partial charge in [-0.1, -0.05) is 101 Å². The predicted octanol–water partition coefficient (Wildman–Crippen LogP) is 10.0. The van der Waals surface area contributed by atoms with Crippen LogP contribution in [0.15, 0.2) is 54.2 Å². The Bertz CT molecular complexity index is 2590. The number of nitrogens with one attached hydrogen (secondary N) is 4. The molecular formula is C52H68N8O7S2. The molecule has 0 bridgehead atoms. The minimum atomic E-state index is -0.861. The van der Waals surface area contributed by atoms with Gasteiger partial charge in [0, 0.05) is 44.1 Å². The van der Waals surface area contributed by atoms with E-state index in [1.165, 1.54) is 16.2 Å². The van der Waals surface area contributed by atoms with E-state index in [1.54, 1.807) is 31.4 Å². The fraction of sp³-hybridized carbons (Fsp3) is 0.500. The largest absolute Gasteiger partial charge is 0.447 e. The first-order valence-electron chi connectivity index (χ1n) is 24.1. The quantitative estimate of drug-likeness (QED) is 0.0440. The summed E-state index contributed by atoms with van der Waals surface area (Å²) in [6.07, 6.45) is 8.36. The van der Waals surface area contributed by atoms with Crippen LogP contribution in [0.5, 0.6) is 0 Å². The number of pyridine rings is 1. The number of hydrogen-bond acceptors (Lipinski definition) is 12. The van der Waals surface area contributed by atoms with Gasteiger partial charge in [0.05, 0.1) is 49.9 Å². The third-order valence-corrected chi connectivity index (χ3v) is 14.4. The van der Waals surface area contributed by atoms with Gasteiger partial charge in [-0.25, -0.2) is 14.8 Å². The fourth-order valence-corrected chi connectivity index (χ4v) is 10.3. The van der Waals surface area contributed by atoms with Crippen molar-refractivity contribution in [3.05, 3.63) is 76.7 Å². The number of likely N-dealkylation sites (tertiary alicyclic amines) is 1. The number of β-amino-alcohol motifs (C(OH)–C–C–N with tert-alkyl or cyclic N) is 1. The monoisotopic (exact) mass is 980 g/mol. The van der Waals surface area contributed by atoms with Crippen molar-refractivity contribution in [2.24, 2.45) is 5.41 Å². The molecule has 5 aromatic rings. The summed E-state index contributed by atoms with van der Waals surface area (Å²) in [5.74, 6) is -0.980. The van der Waals surface area contributed by atoms with Crippen LogP contribution in [0.3, 0.4) is 0 Å². The number of fused-ring (bicyclic) bond motifs is 1. The Balaban J connectivity index is 0.865. The van der Waals surface area contributed by atoms with Crippen molar-refractivity contribution in [3.63, 3.8) is 0 Å². The highest BCUT2D eigenvalue weighted by molar-refractivity contribution is 7.22. The Morgan fingerprint density at radius 1 is 0.841 bits per heavy atom. The Morgan fingerprint density at radius 3 is 2.14 bits per heavy atom. The van der Waals surface area contributed by atoms with Crippen LogP contribution >= 0.6 is 22.7 Å². The SMILES string of the molecule is Cc1ncc(-c2ccc3nc(NC(=O)CCCCCCCCCCC(=O)N[C@H](C(=O)N4C[C@H](O)C[C@H]4C(=O)NCc4ccc(-c5scnc5C)cc4)C(C)(C)C)sc3c2C)cc1NC(=O)OC(C)C. The molecule has 0 radical (unpaired) electrons. The number of ether oxygens (including phenoxy) is 1. The maximum atomic E-state index is 14.0. The lowest BCUT2D eigenvalue weighted by atomic mass is 9.85. The van der Waals surface area contributed by atoms with Gasteiger partial charge in [-0.05, 0) is 87.3 Å². The van der Waals surface area contributed by atoms with Gasteiger partial charge in [0.25, 0.3) is 0 Å². The number of aliphatic hydroxyl groups excluding tert-OH is 1. The minimum Gasteiger partial charge on any atom is -0.447 e. The number of amides is 5. The maximum Gasteiger partial charge on any atom is 0.411 e. The van der Waals surface area contributed by atoms with Crippen molar-refractivity contribution >= 4 is 73.4 Å². The number of unbranched alkanes of at least 4 members (excludes halogenated alkanes) is 7. The number of nitrogens with zero attached hydrogens (tertiary/aromatic N) is 4. The number of hydrogen-bond donors (Lipinski definition) is 5. The Hall–Kier alpha value is -5.78. The normalized spacial score (nSPS) is 15.3. The van der Waals surface area contributed by atoms with Gasteiger partial charge in [-0.3, -0.25) is 29.5 Å². The van der Waals surface area contributed by atoms with Crippen LogP contribution in [0.25, 0.3) is 31.8 Å². The highest BCUT2D eigenvalue weighted by atomic mass is 32.1. The summed E-state index contributed by atoms with van der Waals surface area (Å²) in [5, 5.41) is 22.8. The average molecular weight is 981 g/mol. The van der Waals surface area contributed by atoms with Gasteiger partial charge in [0.1, 0.15) is 12.1 Å². The van der Waals surface area contributed by atoms with Crippen LogP contribution in [0.4, 0.5) is 15.6 Å². The van der Waals surface area contributed by atoms with Crippen LogP contribution < -0.4 is 21.3 Å². The number of aliphatic hydroxyl groups is 1. The molecule has 17 heteroatoms. The van der Waals surface area contributed by atoms with E-state index in [0.29, 0.717) is 35.8 Å². The number of anilines is 2. The van der Waals surface area contributed by atoms with Crippen LogP contribution in [0.1, 0.15) is 128 Å². The number of carbonyl (C=O) groups excluding carboxylic acids is 5. The van der Waals surface area contributed by atoms with Gasteiger partial charge < -0.3 is 30.7 Å². The maximum absolute atomic E-state index is 14.0. The zero-order valence-electron chi connectivity index (χ0n) is 41.2. The summed E-state index contributed by atoms with van der Waals surface area (Å²) in [7, 11) is 0. The number of aryl methyl sites for hydroxylation is 3. The first-order valence-corrected chi connectivity index (χ1v) is 25.8. The lowest BCUT2D eigenvalue weighted by Crippen LogP contribution is -2.57. The third-order valence-electron chi connectivity index (χ3n) is 12.3. The molecule has 15 nitrogen and oxygen atoms in total. The van der Waals surface area contributed by atoms with E-state index in [1.807, 2.05) is 89.5 Å². The topological polar surface area (TPSA) is 205 Å². The van der Waals surface area contributed by atoms with Crippen LogP contribution in [-0.4, -0.2) is 85.5 Å². The van der Waals surface area contributed by atoms with Crippen molar-refractivity contribution in [1.82, 2.24) is 30.5 Å². The average Bonchev–Trinajstić information content (AvgIpc) is 4.03. The van der Waals surface area contributed by atoms with Crippen molar-refractivity contribution < 1.29 is 33.8 Å². The molecule has 0 unspecified atom stereocenters. The van der Waals surface area contributed by atoms with E-state index in [2.05, 4.69) is 36.2 Å². The third kappa shape index (κ3) is 14.6. The van der Waals surface area contributed by atoms with Crippen molar-refractivity contribution in [2.45, 2.75) is 157 Å². The van der Waals surface area contributed by atoms with E-state index in [9.17, 15) is 29.1 Å². The molecule has 6 rings (SSSR count). The highest BCUT2D eigenvalue weighted by Crippen LogP contribution is 2.36. The summed E-state index contributed by atoms with van der Waals surface area (Å²) in [6.45, 7) is 15.4. The summed E-state index contributed by atoms with van der Waals surface area (Å²) >= 11 is 3.02. The van der Waals surface area contributed by atoms with Crippen molar-refractivity contribution in [3.8, 4) is 21.6 Å². The van der Waals surface area contributed by atoms with Crippen molar-refractivity contribution in [2.75, 3.05) is 17.2 Å². The van der Waals surface area contributed by atoms with Crippen LogP contribution in [-0.2, 0) is 30.5 Å². The smallest absolute Gasteiger partial charge is 0.411 e. The summed E-state index contributed by atoms with van der Waals surface area (Å²) in [4.78, 5) is 81.8. The molecule has 5 amide bonds. The Labute approximate surface area is 413 Å². The number of aromatic nitrogens is 3. The van der Waals surface area contributed by atoms with E-state index in [0.717, 1.165) is 93.6 Å². The van der Waals surface area contributed by atoms with Crippen molar-refractivity contribution in [1.29, 1.82) is 0 Å². The van der Waals surface area contributed by atoms with Gasteiger partial charge in [-0.2, -0.15) is 0 Å². The van der Waals surface area contributed by atoms with E-state index in [4.69, 9.17) is 4.74 Å². The van der Waals surface area contributed by atoms with Crippen LogP contribution in [0, 0.1) is 26.2 Å². The number of thiazole rings is 2. The van der Waals surface area contributed by atoms with Gasteiger partial charge in [0.15, 0.2) is 5.13 Å². The Morgan fingerprint density at radius 2 is 1.51 bits per heavy atom. The second-order valence-corrected chi connectivity index (χ2v) is 21.2. The lowest BCUT2D eigenvalue weighted by molar-refractivity contribution is -0.144. The summed E-state index contributed by atoms with van der Waals surface area (Å²) < 4.78 is 6.21. The standard InChI is InChI=1S/C52H68N8O7S2/c1-31(2)67-51(66)57-41-25-37(28-53-33(41)4)39-23-24-40-45(32(39)3)69-50(56-40)59-44(63)18-16-14-12-10-9-11-13-15-17-43(62)58-47(52(6,7)8)49(65)60-29-38(61)26-42(60)48(64)54-27-35-19-21-36(22-20-35)46-34(5)55-30-68-46/h19-25,28,30-31,38,42,47,61H,9-18,26-27,29H2,1-8H3,(H,54,64)(H,57,66)(H,58,62)(H,56,59,63)/t38-,42+,47-/m1/s1. The molecule has 370 valence electrons. The van der Waals surface area contributed by atoms with E-state index >= 15 is 0 Å². The number of rotatable bonds is 21. The summed E-state index contributed by atoms with van der Waals surface area (Å²) in [6, 6.07) is 12.0. The molecular weight excluding hydrogens is 913 g/mol. The molecule has 69 heavy (non-hydrogen) atoms. The molecule has 3 aromatic heterocycles. The Kier molecular flexibility index (Phi) is 18.4. The van der Waals surface area contributed by atoms with Gasteiger partial charge in [-0.15, -0.1) is 11.3 Å². The first-order chi connectivity index (χ1) is 32.9. The first kappa shape index (κ1) is 52.6. The van der Waals surface area contributed by atoms with Gasteiger partial charge >= 0.3 is 6.09 Å². The van der Waals surface area contributed by atoms with Gasteiger partial charge in [0.2, 0.25) is 23.6 Å². The molecule has 3 atom stereocenters. The molecule has 1 aliphatic heterocycles. The molecule has 0 aliphatic carbocycles. The lowest BCUT2D eigenvalue weighted by Gasteiger charge is -2.35. The molecule has 5 N–H and O–H groups in total. The summed E-state index contributed by atoms with van der Waals surface area (Å²) in [5.41, 5.74) is 8.99.